The summed E-state index contributed by atoms with van der Waals surface area (Å²) in [7, 11) is 0. The number of hydrogen-bond acceptors (Lipinski definition) is 2. The first-order valence-electron chi connectivity index (χ1n) is 7.27. The first-order valence-corrected chi connectivity index (χ1v) is 7.27. The number of nitrogens with two attached hydrogens (primary N) is 1. The lowest BCUT2D eigenvalue weighted by molar-refractivity contribution is 0.215. The van der Waals surface area contributed by atoms with E-state index < -0.39 is 0 Å². The molecule has 0 bridgehead atoms. The molecule has 2 heteroatoms. The molecule has 2 N–H and O–H groups in total. The molecular formula is C16H23NO. The number of para-hydroxylation sites is 1. The Morgan fingerprint density at radius 1 is 1.17 bits per heavy atom. The molecule has 1 atom stereocenters. The summed E-state index contributed by atoms with van der Waals surface area (Å²) >= 11 is 0. The third-order valence-corrected chi connectivity index (χ3v) is 4.58. The molecule has 2 nitrogen and oxygen atoms in total. The van der Waals surface area contributed by atoms with E-state index in [-0.39, 0.29) is 5.54 Å². The van der Waals surface area contributed by atoms with Crippen molar-refractivity contribution >= 4 is 0 Å². The molecule has 18 heavy (non-hydrogen) atoms. The predicted molar refractivity (Wildman–Crippen MR) is 73.9 cm³/mol. The highest BCUT2D eigenvalue weighted by atomic mass is 16.5. The van der Waals surface area contributed by atoms with E-state index in [2.05, 4.69) is 24.3 Å². The predicted octanol–water partition coefficient (Wildman–Crippen LogP) is 3.60. The Morgan fingerprint density at radius 3 is 2.78 bits per heavy atom. The van der Waals surface area contributed by atoms with Gasteiger partial charge in [0.2, 0.25) is 0 Å². The van der Waals surface area contributed by atoms with Crippen LogP contribution in [0.2, 0.25) is 0 Å². The minimum absolute atomic E-state index is 0.0768. The molecule has 0 amide bonds. The summed E-state index contributed by atoms with van der Waals surface area (Å²) in [5.41, 5.74) is 8.06. The second-order valence-electron chi connectivity index (χ2n) is 6.00. The Morgan fingerprint density at radius 2 is 1.94 bits per heavy atom. The monoisotopic (exact) mass is 245 g/mol. The Balaban J connectivity index is 1.77. The summed E-state index contributed by atoms with van der Waals surface area (Å²) < 4.78 is 5.73. The highest BCUT2D eigenvalue weighted by Gasteiger charge is 2.33. The number of hydrogen-bond donors (Lipinski definition) is 1. The lowest BCUT2D eigenvalue weighted by atomic mass is 9.74. The lowest BCUT2D eigenvalue weighted by Gasteiger charge is -2.38. The van der Waals surface area contributed by atoms with Crippen LogP contribution in [0.4, 0.5) is 0 Å². The van der Waals surface area contributed by atoms with E-state index in [0.29, 0.717) is 5.92 Å². The average Bonchev–Trinajstić information content (AvgIpc) is 2.40. The van der Waals surface area contributed by atoms with Crippen molar-refractivity contribution in [3.05, 3.63) is 29.8 Å². The van der Waals surface area contributed by atoms with Crippen molar-refractivity contribution in [2.24, 2.45) is 5.73 Å². The molecule has 1 aromatic carbocycles. The van der Waals surface area contributed by atoms with Crippen molar-refractivity contribution in [3.8, 4) is 5.75 Å². The van der Waals surface area contributed by atoms with Crippen LogP contribution < -0.4 is 10.5 Å². The van der Waals surface area contributed by atoms with Gasteiger partial charge >= 0.3 is 0 Å². The molecule has 2 aliphatic rings. The third kappa shape index (κ3) is 2.39. The molecule has 0 radical (unpaired) electrons. The molecule has 0 aromatic heterocycles. The Bertz CT molecular complexity index is 409. The van der Waals surface area contributed by atoms with Gasteiger partial charge in [-0.3, -0.25) is 0 Å². The first kappa shape index (κ1) is 12.0. The first-order chi connectivity index (χ1) is 8.77. The Labute approximate surface area is 110 Å². The van der Waals surface area contributed by atoms with Gasteiger partial charge in [-0.1, -0.05) is 37.5 Å². The van der Waals surface area contributed by atoms with Crippen LogP contribution >= 0.6 is 0 Å². The fourth-order valence-electron chi connectivity index (χ4n) is 3.58. The van der Waals surface area contributed by atoms with Crippen LogP contribution in [-0.4, -0.2) is 12.1 Å². The second-order valence-corrected chi connectivity index (χ2v) is 6.00. The van der Waals surface area contributed by atoms with Crippen molar-refractivity contribution < 1.29 is 4.74 Å². The van der Waals surface area contributed by atoms with E-state index in [1.807, 2.05) is 0 Å². The maximum absolute atomic E-state index is 6.61. The Hall–Kier alpha value is -1.02. The zero-order valence-electron chi connectivity index (χ0n) is 11.0. The molecule has 3 rings (SSSR count). The van der Waals surface area contributed by atoms with Crippen LogP contribution in [0.1, 0.15) is 56.4 Å². The highest BCUT2D eigenvalue weighted by molar-refractivity contribution is 5.38. The smallest absolute Gasteiger partial charge is 0.122 e. The molecule has 1 aromatic rings. The van der Waals surface area contributed by atoms with Gasteiger partial charge in [0.15, 0.2) is 0 Å². The maximum Gasteiger partial charge on any atom is 0.122 e. The molecule has 1 aliphatic carbocycles. The van der Waals surface area contributed by atoms with Gasteiger partial charge in [0.1, 0.15) is 5.75 Å². The van der Waals surface area contributed by atoms with Gasteiger partial charge in [0, 0.05) is 5.54 Å². The van der Waals surface area contributed by atoms with Crippen LogP contribution in [0.5, 0.6) is 5.75 Å². The van der Waals surface area contributed by atoms with Gasteiger partial charge in [0.05, 0.1) is 6.61 Å². The summed E-state index contributed by atoms with van der Waals surface area (Å²) in [5.74, 6) is 1.67. The summed E-state index contributed by atoms with van der Waals surface area (Å²) in [4.78, 5) is 0. The van der Waals surface area contributed by atoms with Crippen molar-refractivity contribution in [3.63, 3.8) is 0 Å². The molecule has 0 saturated heterocycles. The van der Waals surface area contributed by atoms with Gasteiger partial charge in [-0.25, -0.2) is 0 Å². The number of ether oxygens (including phenoxy) is 1. The molecule has 1 aliphatic heterocycles. The largest absolute Gasteiger partial charge is 0.493 e. The van der Waals surface area contributed by atoms with E-state index in [4.69, 9.17) is 10.5 Å². The zero-order valence-corrected chi connectivity index (χ0v) is 11.0. The van der Waals surface area contributed by atoms with Crippen molar-refractivity contribution in [1.29, 1.82) is 0 Å². The third-order valence-electron chi connectivity index (χ3n) is 4.58. The molecule has 1 saturated carbocycles. The van der Waals surface area contributed by atoms with Gasteiger partial charge in [-0.2, -0.15) is 0 Å². The van der Waals surface area contributed by atoms with Crippen molar-refractivity contribution in [2.75, 3.05) is 6.61 Å². The van der Waals surface area contributed by atoms with Crippen molar-refractivity contribution in [2.45, 2.75) is 56.4 Å². The SMILES string of the molecule is NC1(CC2CCOc3ccccc32)CCCCC1. The summed E-state index contributed by atoms with van der Waals surface area (Å²) in [6.07, 6.45) is 8.63. The van der Waals surface area contributed by atoms with Gasteiger partial charge < -0.3 is 10.5 Å². The van der Waals surface area contributed by atoms with Crippen LogP contribution in [0.15, 0.2) is 24.3 Å². The van der Waals surface area contributed by atoms with Gasteiger partial charge in [-0.15, -0.1) is 0 Å². The van der Waals surface area contributed by atoms with Gasteiger partial charge in [-0.05, 0) is 43.2 Å². The molecular weight excluding hydrogens is 222 g/mol. The highest BCUT2D eigenvalue weighted by Crippen LogP contribution is 2.41. The van der Waals surface area contributed by atoms with E-state index >= 15 is 0 Å². The minimum atomic E-state index is 0.0768. The molecule has 0 spiro atoms. The summed E-state index contributed by atoms with van der Waals surface area (Å²) in [6, 6.07) is 8.47. The lowest BCUT2D eigenvalue weighted by Crippen LogP contribution is -2.43. The average molecular weight is 245 g/mol. The number of fused-ring (bicyclic) bond motifs is 1. The molecule has 1 fully saturated rings. The van der Waals surface area contributed by atoms with E-state index in [1.54, 1.807) is 0 Å². The van der Waals surface area contributed by atoms with Crippen LogP contribution in [0.25, 0.3) is 0 Å². The zero-order chi connectivity index (χ0) is 12.4. The van der Waals surface area contributed by atoms with E-state index in [9.17, 15) is 0 Å². The fraction of sp³-hybridized carbons (Fsp3) is 0.625. The normalized spacial score (nSPS) is 26.2. The summed E-state index contributed by atoms with van der Waals surface area (Å²) in [6.45, 7) is 0.845. The second kappa shape index (κ2) is 4.93. The molecule has 1 heterocycles. The summed E-state index contributed by atoms with van der Waals surface area (Å²) in [5, 5.41) is 0. The minimum Gasteiger partial charge on any atom is -0.493 e. The maximum atomic E-state index is 6.61. The van der Waals surface area contributed by atoms with E-state index in [1.165, 1.54) is 37.7 Å². The van der Waals surface area contributed by atoms with Crippen LogP contribution in [-0.2, 0) is 0 Å². The fourth-order valence-corrected chi connectivity index (χ4v) is 3.58. The topological polar surface area (TPSA) is 35.2 Å². The van der Waals surface area contributed by atoms with Crippen LogP contribution in [0.3, 0.4) is 0 Å². The molecule has 98 valence electrons. The molecule has 1 unspecified atom stereocenters. The standard InChI is InChI=1S/C16H23NO/c17-16(9-4-1-5-10-16)12-13-8-11-18-15-7-3-2-6-14(13)15/h2-3,6-7,13H,1,4-5,8-12,17H2. The number of benzene rings is 1. The van der Waals surface area contributed by atoms with Crippen molar-refractivity contribution in [1.82, 2.24) is 0 Å². The van der Waals surface area contributed by atoms with E-state index in [0.717, 1.165) is 25.2 Å². The quantitative estimate of drug-likeness (QED) is 0.864. The Kier molecular flexibility index (Phi) is 3.29. The van der Waals surface area contributed by atoms with Crippen LogP contribution in [0, 0.1) is 0 Å². The number of rotatable bonds is 2. The van der Waals surface area contributed by atoms with Gasteiger partial charge in [0.25, 0.3) is 0 Å².